The third-order valence-electron chi connectivity index (χ3n) is 5.38. The van der Waals surface area contributed by atoms with Crippen molar-refractivity contribution in [3.63, 3.8) is 0 Å². The number of amides is 2. The van der Waals surface area contributed by atoms with E-state index >= 15 is 0 Å². The lowest BCUT2D eigenvalue weighted by Gasteiger charge is -2.36. The number of piperidine rings is 1. The van der Waals surface area contributed by atoms with Crippen LogP contribution in [0.2, 0.25) is 0 Å². The van der Waals surface area contributed by atoms with Gasteiger partial charge in [-0.05, 0) is 24.5 Å². The second kappa shape index (κ2) is 10.6. The van der Waals surface area contributed by atoms with Crippen molar-refractivity contribution in [1.29, 1.82) is 0 Å². The van der Waals surface area contributed by atoms with E-state index in [1.54, 1.807) is 17.0 Å². The van der Waals surface area contributed by atoms with E-state index in [1.807, 2.05) is 4.90 Å². The first-order valence-corrected chi connectivity index (χ1v) is 11.2. The molecule has 0 aliphatic carbocycles. The monoisotopic (exact) mass is 437 g/mol. The van der Waals surface area contributed by atoms with Gasteiger partial charge in [0, 0.05) is 38.0 Å². The lowest BCUT2D eigenvalue weighted by molar-refractivity contribution is -0.385. The Bertz CT molecular complexity index is 784. The molecule has 10 heteroatoms. The fraction of sp³-hybridized carbons (Fsp3) is 0.600. The van der Waals surface area contributed by atoms with Crippen LogP contribution in [0.15, 0.2) is 18.2 Å². The Balaban J connectivity index is 1.49. The number of morpholine rings is 1. The third kappa shape index (κ3) is 5.63. The van der Waals surface area contributed by atoms with Crippen LogP contribution in [0.1, 0.15) is 18.4 Å². The smallest absolute Gasteiger partial charge is 0.311 e. The number of likely N-dealkylation sites (tertiary alicyclic amines) is 1. The number of hydrogen-bond acceptors (Lipinski definition) is 7. The largest absolute Gasteiger partial charge is 0.490 e. The van der Waals surface area contributed by atoms with Gasteiger partial charge < -0.3 is 19.3 Å². The van der Waals surface area contributed by atoms with E-state index in [0.717, 1.165) is 18.4 Å². The van der Waals surface area contributed by atoms with Crippen molar-refractivity contribution in [3.8, 4) is 5.75 Å². The highest BCUT2D eigenvalue weighted by molar-refractivity contribution is 7.99. The van der Waals surface area contributed by atoms with Gasteiger partial charge >= 0.3 is 5.69 Å². The first-order chi connectivity index (χ1) is 14.5. The Hall–Kier alpha value is -2.33. The second-order valence-electron chi connectivity index (χ2n) is 7.37. The number of ether oxygens (including phenoxy) is 2. The fourth-order valence-corrected chi connectivity index (χ4v) is 4.64. The number of rotatable bonds is 7. The van der Waals surface area contributed by atoms with Gasteiger partial charge in [-0.1, -0.05) is 6.07 Å². The summed E-state index contributed by atoms with van der Waals surface area (Å²) in [5.74, 6) is 0.958. The topological polar surface area (TPSA) is 102 Å². The van der Waals surface area contributed by atoms with Gasteiger partial charge in [0.05, 0.1) is 36.9 Å². The van der Waals surface area contributed by atoms with Gasteiger partial charge in [0.25, 0.3) is 0 Å². The van der Waals surface area contributed by atoms with Crippen LogP contribution in [0, 0.1) is 16.0 Å². The molecule has 2 fully saturated rings. The summed E-state index contributed by atoms with van der Waals surface area (Å²) in [5.41, 5.74) is 0.682. The molecule has 2 aliphatic heterocycles. The highest BCUT2D eigenvalue weighted by atomic mass is 32.2. The zero-order valence-electron chi connectivity index (χ0n) is 17.1. The van der Waals surface area contributed by atoms with Crippen molar-refractivity contribution in [1.82, 2.24) is 9.80 Å². The summed E-state index contributed by atoms with van der Waals surface area (Å²) in [6.07, 6.45) is 1.63. The van der Waals surface area contributed by atoms with Gasteiger partial charge in [-0.3, -0.25) is 19.7 Å². The molecule has 0 saturated carbocycles. The van der Waals surface area contributed by atoms with Crippen molar-refractivity contribution < 1.29 is 24.0 Å². The number of methoxy groups -OCH3 is 1. The maximum absolute atomic E-state index is 12.7. The summed E-state index contributed by atoms with van der Waals surface area (Å²) in [6.45, 7) is 3.51. The SMILES string of the molecule is COc1ccc(CSCC(=O)N2CCCC(C(=O)N3CCOCC3)C2)cc1[N+](=O)[O-]. The van der Waals surface area contributed by atoms with Gasteiger partial charge in [-0.15, -0.1) is 11.8 Å². The van der Waals surface area contributed by atoms with E-state index in [1.165, 1.54) is 24.9 Å². The average Bonchev–Trinajstić information content (AvgIpc) is 2.79. The van der Waals surface area contributed by atoms with Crippen LogP contribution < -0.4 is 4.74 Å². The van der Waals surface area contributed by atoms with Gasteiger partial charge in [-0.25, -0.2) is 0 Å². The van der Waals surface area contributed by atoms with Crippen LogP contribution in [0.25, 0.3) is 0 Å². The normalized spacial score (nSPS) is 19.4. The minimum absolute atomic E-state index is 0.00230. The zero-order chi connectivity index (χ0) is 21.5. The van der Waals surface area contributed by atoms with Crippen LogP contribution in [-0.2, 0) is 20.1 Å². The van der Waals surface area contributed by atoms with Crippen molar-refractivity contribution >= 4 is 29.3 Å². The standard InChI is InChI=1S/C20H27N3O6S/c1-28-18-5-4-15(11-17(18)23(26)27)13-30-14-19(24)22-6-2-3-16(12-22)20(25)21-7-9-29-10-8-21/h4-5,11,16H,2-3,6-10,12-14H2,1H3. The molecule has 0 N–H and O–H groups in total. The minimum atomic E-state index is -0.475. The molecule has 2 saturated heterocycles. The quantitative estimate of drug-likeness (QED) is 0.474. The summed E-state index contributed by atoms with van der Waals surface area (Å²) < 4.78 is 10.3. The number of benzene rings is 1. The molecule has 1 atom stereocenters. The van der Waals surface area contributed by atoms with Gasteiger partial charge in [-0.2, -0.15) is 0 Å². The number of nitro groups is 1. The van der Waals surface area contributed by atoms with E-state index in [0.29, 0.717) is 45.1 Å². The maximum Gasteiger partial charge on any atom is 0.311 e. The summed E-state index contributed by atoms with van der Waals surface area (Å²) in [7, 11) is 1.39. The van der Waals surface area contributed by atoms with E-state index in [9.17, 15) is 19.7 Å². The molecule has 2 aliphatic rings. The Morgan fingerprint density at radius 1 is 1.27 bits per heavy atom. The first kappa shape index (κ1) is 22.4. The molecule has 0 aromatic heterocycles. The molecule has 1 aromatic carbocycles. The summed E-state index contributed by atoms with van der Waals surface area (Å²) in [4.78, 5) is 39.6. The Morgan fingerprint density at radius 3 is 2.73 bits per heavy atom. The van der Waals surface area contributed by atoms with E-state index in [-0.39, 0.29) is 34.9 Å². The van der Waals surface area contributed by atoms with E-state index in [2.05, 4.69) is 0 Å². The summed E-state index contributed by atoms with van der Waals surface area (Å²) in [5, 5.41) is 11.1. The number of nitrogens with zero attached hydrogens (tertiary/aromatic N) is 3. The first-order valence-electron chi connectivity index (χ1n) is 10.0. The number of thioether (sulfide) groups is 1. The second-order valence-corrected chi connectivity index (χ2v) is 8.36. The van der Waals surface area contributed by atoms with Crippen LogP contribution in [0.5, 0.6) is 5.75 Å². The Kier molecular flexibility index (Phi) is 7.92. The maximum atomic E-state index is 12.7. The highest BCUT2D eigenvalue weighted by Gasteiger charge is 2.31. The molecule has 9 nitrogen and oxygen atoms in total. The Morgan fingerprint density at radius 2 is 2.03 bits per heavy atom. The van der Waals surface area contributed by atoms with Crippen LogP contribution in [0.3, 0.4) is 0 Å². The van der Waals surface area contributed by atoms with Crippen molar-refractivity contribution in [3.05, 3.63) is 33.9 Å². The van der Waals surface area contributed by atoms with E-state index < -0.39 is 4.92 Å². The molecular weight excluding hydrogens is 410 g/mol. The van der Waals surface area contributed by atoms with E-state index in [4.69, 9.17) is 9.47 Å². The molecule has 0 radical (unpaired) electrons. The number of carbonyl (C=O) groups is 2. The minimum Gasteiger partial charge on any atom is -0.490 e. The molecule has 30 heavy (non-hydrogen) atoms. The van der Waals surface area contributed by atoms with Gasteiger partial charge in [0.1, 0.15) is 0 Å². The predicted octanol–water partition coefficient (Wildman–Crippen LogP) is 1.93. The molecule has 0 spiro atoms. The fourth-order valence-electron chi connectivity index (χ4n) is 3.76. The molecule has 1 unspecified atom stereocenters. The van der Waals surface area contributed by atoms with Gasteiger partial charge in [0.2, 0.25) is 11.8 Å². The summed E-state index contributed by atoms with van der Waals surface area (Å²) in [6, 6.07) is 4.82. The van der Waals surface area contributed by atoms with Crippen molar-refractivity contribution in [2.75, 3.05) is 52.3 Å². The summed E-state index contributed by atoms with van der Waals surface area (Å²) >= 11 is 1.41. The van der Waals surface area contributed by atoms with Crippen LogP contribution >= 0.6 is 11.8 Å². The molecule has 2 heterocycles. The predicted molar refractivity (Wildman–Crippen MR) is 113 cm³/mol. The molecule has 164 valence electrons. The number of nitro benzene ring substituents is 1. The molecule has 3 rings (SSSR count). The van der Waals surface area contributed by atoms with Crippen molar-refractivity contribution in [2.24, 2.45) is 5.92 Å². The van der Waals surface area contributed by atoms with Crippen LogP contribution in [-0.4, -0.2) is 78.8 Å². The van der Waals surface area contributed by atoms with Gasteiger partial charge in [0.15, 0.2) is 5.75 Å². The average molecular weight is 438 g/mol. The number of carbonyl (C=O) groups excluding carboxylic acids is 2. The molecular formula is C20H27N3O6S. The molecule has 2 amide bonds. The molecule has 1 aromatic rings. The lowest BCUT2D eigenvalue weighted by atomic mass is 9.96. The molecule has 0 bridgehead atoms. The Labute approximate surface area is 179 Å². The third-order valence-corrected chi connectivity index (χ3v) is 6.37. The zero-order valence-corrected chi connectivity index (χ0v) is 17.9. The van der Waals surface area contributed by atoms with Crippen LogP contribution in [0.4, 0.5) is 5.69 Å². The lowest BCUT2D eigenvalue weighted by Crippen LogP contribution is -2.49. The number of hydrogen-bond donors (Lipinski definition) is 0. The highest BCUT2D eigenvalue weighted by Crippen LogP contribution is 2.29. The van der Waals surface area contributed by atoms with Crippen molar-refractivity contribution in [2.45, 2.75) is 18.6 Å².